The molecule has 1 fully saturated rings. The SMILES string of the molecule is Cc1cc(C)c(CN2CCC(OC(F)(F)F)CC2)c(-n2cccn2)c1. The van der Waals surface area contributed by atoms with Crippen LogP contribution in [0.2, 0.25) is 0 Å². The normalized spacial score (nSPS) is 17.2. The lowest BCUT2D eigenvalue weighted by molar-refractivity contribution is -0.345. The number of piperidine rings is 1. The van der Waals surface area contributed by atoms with Gasteiger partial charge in [0.2, 0.25) is 0 Å². The van der Waals surface area contributed by atoms with Crippen LogP contribution in [0.3, 0.4) is 0 Å². The standard InChI is InChI=1S/C18H22F3N3O/c1-13-10-14(2)16(17(11-13)24-7-3-6-22-24)12-23-8-4-15(5-9-23)25-18(19,20)21/h3,6-7,10-11,15H,4-5,8-9,12H2,1-2H3. The topological polar surface area (TPSA) is 30.3 Å². The van der Waals surface area contributed by atoms with E-state index in [4.69, 9.17) is 0 Å². The summed E-state index contributed by atoms with van der Waals surface area (Å²) in [6, 6.07) is 6.10. The number of rotatable bonds is 4. The van der Waals surface area contributed by atoms with E-state index >= 15 is 0 Å². The number of nitrogens with zero attached hydrogens (tertiary/aromatic N) is 3. The Bertz CT molecular complexity index is 705. The van der Waals surface area contributed by atoms with E-state index < -0.39 is 12.5 Å². The van der Waals surface area contributed by atoms with Gasteiger partial charge in [0.05, 0.1) is 11.8 Å². The Balaban J connectivity index is 1.72. The van der Waals surface area contributed by atoms with Crippen molar-refractivity contribution in [1.82, 2.24) is 14.7 Å². The zero-order chi connectivity index (χ0) is 18.0. The monoisotopic (exact) mass is 353 g/mol. The first-order chi connectivity index (χ1) is 11.8. The predicted molar refractivity (Wildman–Crippen MR) is 88.5 cm³/mol. The fourth-order valence-electron chi connectivity index (χ4n) is 3.39. The van der Waals surface area contributed by atoms with Crippen LogP contribution in [-0.4, -0.2) is 40.2 Å². The van der Waals surface area contributed by atoms with Gasteiger partial charge in [-0.05, 0) is 55.5 Å². The number of ether oxygens (including phenoxy) is 1. The lowest BCUT2D eigenvalue weighted by Crippen LogP contribution is -2.39. The van der Waals surface area contributed by atoms with Crippen LogP contribution >= 0.6 is 0 Å². The number of likely N-dealkylation sites (tertiary alicyclic amines) is 1. The number of alkyl halides is 3. The maximum absolute atomic E-state index is 12.3. The Morgan fingerprint density at radius 3 is 2.52 bits per heavy atom. The van der Waals surface area contributed by atoms with E-state index in [0.717, 1.165) is 16.8 Å². The summed E-state index contributed by atoms with van der Waals surface area (Å²) >= 11 is 0. The van der Waals surface area contributed by atoms with Crippen LogP contribution in [0.5, 0.6) is 0 Å². The highest BCUT2D eigenvalue weighted by molar-refractivity contribution is 5.48. The zero-order valence-corrected chi connectivity index (χ0v) is 14.4. The Hall–Kier alpha value is -1.86. The Labute approximate surface area is 145 Å². The summed E-state index contributed by atoms with van der Waals surface area (Å²) in [5.74, 6) is 0. The largest absolute Gasteiger partial charge is 0.522 e. The highest BCUT2D eigenvalue weighted by atomic mass is 19.4. The molecule has 0 bridgehead atoms. The molecule has 0 amide bonds. The molecule has 2 aromatic rings. The number of aryl methyl sites for hydroxylation is 2. The quantitative estimate of drug-likeness (QED) is 0.833. The van der Waals surface area contributed by atoms with Gasteiger partial charge in [-0.2, -0.15) is 5.10 Å². The van der Waals surface area contributed by atoms with E-state index in [1.807, 2.05) is 23.9 Å². The number of aromatic nitrogens is 2. The molecule has 0 N–H and O–H groups in total. The lowest BCUT2D eigenvalue weighted by atomic mass is 10.0. The van der Waals surface area contributed by atoms with Crippen LogP contribution in [0.15, 0.2) is 30.6 Å². The molecule has 1 aliphatic rings. The van der Waals surface area contributed by atoms with Crippen molar-refractivity contribution < 1.29 is 17.9 Å². The van der Waals surface area contributed by atoms with Gasteiger partial charge in [0, 0.05) is 32.0 Å². The van der Waals surface area contributed by atoms with Crippen molar-refractivity contribution in [2.45, 2.75) is 45.7 Å². The average Bonchev–Trinajstić information content (AvgIpc) is 3.04. The third-order valence-corrected chi connectivity index (χ3v) is 4.56. The molecule has 25 heavy (non-hydrogen) atoms. The first kappa shape index (κ1) is 17.9. The molecule has 4 nitrogen and oxygen atoms in total. The van der Waals surface area contributed by atoms with Crippen molar-refractivity contribution in [3.63, 3.8) is 0 Å². The molecule has 2 heterocycles. The molecule has 0 atom stereocenters. The van der Waals surface area contributed by atoms with Crippen molar-refractivity contribution in [3.05, 3.63) is 47.3 Å². The van der Waals surface area contributed by atoms with E-state index in [2.05, 4.69) is 33.8 Å². The molecule has 7 heteroatoms. The molecule has 0 saturated carbocycles. The third kappa shape index (κ3) is 4.61. The molecule has 1 aromatic heterocycles. The van der Waals surface area contributed by atoms with Crippen molar-refractivity contribution in [3.8, 4) is 5.69 Å². The first-order valence-electron chi connectivity index (χ1n) is 8.39. The molecular weight excluding hydrogens is 331 g/mol. The molecule has 136 valence electrons. The number of hydrogen-bond acceptors (Lipinski definition) is 3. The van der Waals surface area contributed by atoms with Crippen molar-refractivity contribution in [1.29, 1.82) is 0 Å². The molecular formula is C18H22F3N3O. The van der Waals surface area contributed by atoms with Gasteiger partial charge in [0.1, 0.15) is 0 Å². The fraction of sp³-hybridized carbons (Fsp3) is 0.500. The molecule has 1 saturated heterocycles. The van der Waals surface area contributed by atoms with Crippen molar-refractivity contribution >= 4 is 0 Å². The van der Waals surface area contributed by atoms with Crippen LogP contribution < -0.4 is 0 Å². The predicted octanol–water partition coefficient (Wildman–Crippen LogP) is 3.99. The van der Waals surface area contributed by atoms with E-state index in [1.165, 1.54) is 5.56 Å². The second-order valence-electron chi connectivity index (χ2n) is 6.57. The van der Waals surface area contributed by atoms with Gasteiger partial charge in [-0.25, -0.2) is 4.68 Å². The summed E-state index contributed by atoms with van der Waals surface area (Å²) in [6.45, 7) is 5.98. The van der Waals surface area contributed by atoms with E-state index in [1.54, 1.807) is 6.20 Å². The summed E-state index contributed by atoms with van der Waals surface area (Å²) in [7, 11) is 0. The van der Waals surface area contributed by atoms with Crippen molar-refractivity contribution in [2.24, 2.45) is 0 Å². The highest BCUT2D eigenvalue weighted by Crippen LogP contribution is 2.27. The molecule has 0 radical (unpaired) electrons. The minimum atomic E-state index is -4.55. The lowest BCUT2D eigenvalue weighted by Gasteiger charge is -2.33. The second kappa shape index (κ2) is 7.17. The molecule has 0 unspecified atom stereocenters. The number of hydrogen-bond donors (Lipinski definition) is 0. The molecule has 1 aromatic carbocycles. The van der Waals surface area contributed by atoms with E-state index in [-0.39, 0.29) is 0 Å². The Morgan fingerprint density at radius 2 is 1.92 bits per heavy atom. The summed E-state index contributed by atoms with van der Waals surface area (Å²) < 4.78 is 43.0. The molecule has 3 rings (SSSR count). The van der Waals surface area contributed by atoms with Gasteiger partial charge in [-0.3, -0.25) is 9.64 Å². The summed E-state index contributed by atoms with van der Waals surface area (Å²) in [4.78, 5) is 2.18. The number of benzene rings is 1. The van der Waals surface area contributed by atoms with Gasteiger partial charge < -0.3 is 0 Å². The molecule has 1 aliphatic heterocycles. The van der Waals surface area contributed by atoms with Gasteiger partial charge >= 0.3 is 6.36 Å². The molecule has 0 aliphatic carbocycles. The third-order valence-electron chi connectivity index (χ3n) is 4.56. The molecule has 0 spiro atoms. The van der Waals surface area contributed by atoms with E-state index in [0.29, 0.717) is 32.5 Å². The van der Waals surface area contributed by atoms with Gasteiger partial charge in [-0.15, -0.1) is 13.2 Å². The van der Waals surface area contributed by atoms with Gasteiger partial charge in [0.25, 0.3) is 0 Å². The maximum atomic E-state index is 12.3. The minimum Gasteiger partial charge on any atom is -0.299 e. The van der Waals surface area contributed by atoms with Crippen LogP contribution in [0.4, 0.5) is 13.2 Å². The van der Waals surface area contributed by atoms with Crippen LogP contribution in [0.25, 0.3) is 5.69 Å². The van der Waals surface area contributed by atoms with Crippen LogP contribution in [-0.2, 0) is 11.3 Å². The zero-order valence-electron chi connectivity index (χ0n) is 14.4. The van der Waals surface area contributed by atoms with Crippen LogP contribution in [0.1, 0.15) is 29.5 Å². The minimum absolute atomic E-state index is 0.390. The summed E-state index contributed by atoms with van der Waals surface area (Å²) in [6.07, 6.45) is -0.861. The van der Waals surface area contributed by atoms with Crippen molar-refractivity contribution in [2.75, 3.05) is 13.1 Å². The maximum Gasteiger partial charge on any atom is 0.522 e. The van der Waals surface area contributed by atoms with E-state index in [9.17, 15) is 13.2 Å². The Morgan fingerprint density at radius 1 is 1.20 bits per heavy atom. The number of halogens is 3. The smallest absolute Gasteiger partial charge is 0.299 e. The van der Waals surface area contributed by atoms with Gasteiger partial charge in [-0.1, -0.05) is 6.07 Å². The second-order valence-corrected chi connectivity index (χ2v) is 6.57. The Kier molecular flexibility index (Phi) is 5.15. The summed E-state index contributed by atoms with van der Waals surface area (Å²) in [5, 5.41) is 4.33. The van der Waals surface area contributed by atoms with Gasteiger partial charge in [0.15, 0.2) is 0 Å². The fourth-order valence-corrected chi connectivity index (χ4v) is 3.39. The van der Waals surface area contributed by atoms with Crippen LogP contribution in [0, 0.1) is 13.8 Å². The highest BCUT2D eigenvalue weighted by Gasteiger charge is 2.35. The average molecular weight is 353 g/mol. The first-order valence-corrected chi connectivity index (χ1v) is 8.39. The summed E-state index contributed by atoms with van der Waals surface area (Å²) in [5.41, 5.74) is 4.50.